The Morgan fingerprint density at radius 2 is 1.24 bits per heavy atom. The minimum Gasteiger partial charge on any atom is -0.387 e. The fourth-order valence-corrected chi connectivity index (χ4v) is 7.18. The van der Waals surface area contributed by atoms with E-state index in [9.17, 15) is 0 Å². The summed E-state index contributed by atoms with van der Waals surface area (Å²) in [5, 5.41) is 2.39. The molecule has 160 valence electrons. The minimum absolute atomic E-state index is 0.181. The maximum atomic E-state index is 6.90. The Morgan fingerprint density at radius 1 is 0.724 bits per heavy atom. The Balaban J connectivity index is 2.19. The summed E-state index contributed by atoms with van der Waals surface area (Å²) < 4.78 is 13.6. The van der Waals surface area contributed by atoms with Crippen LogP contribution in [-0.4, -0.2) is 21.3 Å². The average molecular weight is 413 g/mol. The van der Waals surface area contributed by atoms with E-state index in [-0.39, 0.29) is 6.10 Å². The molecule has 0 N–H and O–H groups in total. The molecule has 0 aromatic heterocycles. The zero-order chi connectivity index (χ0) is 21.0. The van der Waals surface area contributed by atoms with Gasteiger partial charge in [-0.15, -0.1) is 0 Å². The van der Waals surface area contributed by atoms with Crippen LogP contribution in [-0.2, 0) is 8.85 Å². The smallest absolute Gasteiger partial charge is 0.387 e. The van der Waals surface area contributed by atoms with Crippen LogP contribution in [0.15, 0.2) is 60.7 Å². The number of unbranched alkanes of at least 4 members (excludes halogenated alkanes) is 5. The van der Waals surface area contributed by atoms with Crippen LogP contribution >= 0.6 is 0 Å². The topological polar surface area (TPSA) is 18.5 Å². The van der Waals surface area contributed by atoms with Gasteiger partial charge in [0.15, 0.2) is 0 Å². The predicted molar refractivity (Wildman–Crippen MR) is 127 cm³/mol. The van der Waals surface area contributed by atoms with Crippen molar-refractivity contribution in [2.24, 2.45) is 5.92 Å². The second-order valence-corrected chi connectivity index (χ2v) is 11.5. The summed E-state index contributed by atoms with van der Waals surface area (Å²) >= 11 is 0. The summed E-state index contributed by atoms with van der Waals surface area (Å²) in [6, 6.07) is 21.2. The predicted octanol–water partition coefficient (Wildman–Crippen LogP) is 6.07. The normalized spacial score (nSPS) is 13.0. The van der Waals surface area contributed by atoms with E-state index in [0.29, 0.717) is 12.5 Å². The third-order valence-corrected chi connectivity index (χ3v) is 8.75. The van der Waals surface area contributed by atoms with Gasteiger partial charge < -0.3 is 8.85 Å². The van der Waals surface area contributed by atoms with Gasteiger partial charge in [-0.1, -0.05) is 120 Å². The third kappa shape index (κ3) is 7.73. The lowest BCUT2D eigenvalue weighted by atomic mass is 10.1. The number of hydrogen-bond acceptors (Lipinski definition) is 2. The van der Waals surface area contributed by atoms with Gasteiger partial charge in [-0.05, 0) is 29.6 Å². The second kappa shape index (κ2) is 13.0. The molecule has 0 spiro atoms. The summed E-state index contributed by atoms with van der Waals surface area (Å²) in [6.45, 7) is 9.60. The van der Waals surface area contributed by atoms with Crippen LogP contribution in [0.5, 0.6) is 0 Å². The van der Waals surface area contributed by atoms with E-state index in [1.807, 2.05) is 0 Å². The Labute approximate surface area is 179 Å². The second-order valence-electron chi connectivity index (χ2n) is 8.54. The van der Waals surface area contributed by atoms with Crippen LogP contribution in [0.2, 0.25) is 0 Å². The van der Waals surface area contributed by atoms with E-state index < -0.39 is 8.56 Å². The number of benzene rings is 2. The third-order valence-electron chi connectivity index (χ3n) is 5.26. The molecule has 0 saturated heterocycles. The van der Waals surface area contributed by atoms with E-state index in [4.69, 9.17) is 8.85 Å². The van der Waals surface area contributed by atoms with Gasteiger partial charge in [0.25, 0.3) is 0 Å². The molecule has 0 fully saturated rings. The molecule has 2 aromatic carbocycles. The molecule has 29 heavy (non-hydrogen) atoms. The number of hydrogen-bond donors (Lipinski definition) is 0. The van der Waals surface area contributed by atoms with Crippen molar-refractivity contribution in [2.45, 2.75) is 78.7 Å². The minimum atomic E-state index is -2.75. The molecule has 2 nitrogen and oxygen atoms in total. The van der Waals surface area contributed by atoms with E-state index in [0.717, 1.165) is 6.42 Å². The quantitative estimate of drug-likeness (QED) is 0.277. The standard InChI is InChI=1S/C26H40O2Si/c1-5-6-7-8-9-12-17-24(4)28-29(27-22-23(2)3,25-18-13-10-14-19-25)26-20-15-11-16-21-26/h10-11,13-16,18-21,23-24H,5-9,12,17,22H2,1-4H3. The van der Waals surface area contributed by atoms with Crippen molar-refractivity contribution < 1.29 is 8.85 Å². The van der Waals surface area contributed by atoms with Crippen molar-refractivity contribution >= 4 is 18.9 Å². The SMILES string of the molecule is CCCCCCCCC(C)O[Si](OCC(C)C)(c1ccccc1)c1ccccc1. The fraction of sp³-hybridized carbons (Fsp3) is 0.538. The van der Waals surface area contributed by atoms with Crippen molar-refractivity contribution in [2.75, 3.05) is 6.61 Å². The lowest BCUT2D eigenvalue weighted by molar-refractivity contribution is 0.124. The van der Waals surface area contributed by atoms with Gasteiger partial charge in [0.2, 0.25) is 0 Å². The zero-order valence-corrected chi connectivity index (χ0v) is 19.9. The first kappa shape index (κ1) is 23.9. The highest BCUT2D eigenvalue weighted by atomic mass is 28.4. The van der Waals surface area contributed by atoms with E-state index in [2.05, 4.69) is 88.4 Å². The monoisotopic (exact) mass is 412 g/mol. The molecular formula is C26H40O2Si. The summed E-state index contributed by atoms with van der Waals surface area (Å²) in [7, 11) is -2.75. The molecule has 2 rings (SSSR count). The zero-order valence-electron chi connectivity index (χ0n) is 18.9. The van der Waals surface area contributed by atoms with Gasteiger partial charge in [-0.25, -0.2) is 0 Å². The molecule has 1 unspecified atom stereocenters. The van der Waals surface area contributed by atoms with Crippen molar-refractivity contribution in [1.82, 2.24) is 0 Å². The molecule has 0 heterocycles. The molecule has 0 amide bonds. The molecule has 0 aliphatic heterocycles. The van der Waals surface area contributed by atoms with Gasteiger partial charge in [0, 0.05) is 12.7 Å². The molecule has 3 heteroatoms. The van der Waals surface area contributed by atoms with Gasteiger partial charge in [-0.2, -0.15) is 0 Å². The van der Waals surface area contributed by atoms with Crippen LogP contribution < -0.4 is 10.4 Å². The molecule has 0 aliphatic rings. The van der Waals surface area contributed by atoms with E-state index >= 15 is 0 Å². The van der Waals surface area contributed by atoms with Gasteiger partial charge >= 0.3 is 8.56 Å². The highest BCUT2D eigenvalue weighted by Gasteiger charge is 2.44. The van der Waals surface area contributed by atoms with Gasteiger partial charge in [0.05, 0.1) is 0 Å². The molecule has 1 atom stereocenters. The van der Waals surface area contributed by atoms with Crippen LogP contribution in [0, 0.1) is 5.92 Å². The lowest BCUT2D eigenvalue weighted by Gasteiger charge is -2.35. The Kier molecular flexibility index (Phi) is 10.7. The summed E-state index contributed by atoms with van der Waals surface area (Å²) in [4.78, 5) is 0. The van der Waals surface area contributed by atoms with Crippen molar-refractivity contribution in [3.05, 3.63) is 60.7 Å². The van der Waals surface area contributed by atoms with Crippen LogP contribution in [0.1, 0.15) is 72.6 Å². The first-order valence-corrected chi connectivity index (χ1v) is 13.3. The van der Waals surface area contributed by atoms with Gasteiger partial charge in [0.1, 0.15) is 0 Å². The maximum Gasteiger partial charge on any atom is 0.407 e. The van der Waals surface area contributed by atoms with E-state index in [1.54, 1.807) is 0 Å². The molecule has 0 aliphatic carbocycles. The van der Waals surface area contributed by atoms with Crippen LogP contribution in [0.25, 0.3) is 0 Å². The van der Waals surface area contributed by atoms with Crippen LogP contribution in [0.4, 0.5) is 0 Å². The molecular weight excluding hydrogens is 372 g/mol. The average Bonchev–Trinajstić information content (AvgIpc) is 2.75. The Bertz CT molecular complexity index is 617. The molecule has 0 saturated carbocycles. The molecule has 0 bridgehead atoms. The van der Waals surface area contributed by atoms with Crippen molar-refractivity contribution in [3.8, 4) is 0 Å². The van der Waals surface area contributed by atoms with Gasteiger partial charge in [-0.3, -0.25) is 0 Å². The number of rotatable bonds is 14. The Hall–Kier alpha value is -1.42. The maximum absolute atomic E-state index is 6.90. The van der Waals surface area contributed by atoms with Crippen molar-refractivity contribution in [1.29, 1.82) is 0 Å². The molecule has 0 radical (unpaired) electrons. The highest BCUT2D eigenvalue weighted by Crippen LogP contribution is 2.18. The largest absolute Gasteiger partial charge is 0.407 e. The summed E-state index contributed by atoms with van der Waals surface area (Å²) in [6.07, 6.45) is 9.14. The van der Waals surface area contributed by atoms with Crippen LogP contribution in [0.3, 0.4) is 0 Å². The summed E-state index contributed by atoms with van der Waals surface area (Å²) in [5.41, 5.74) is 0. The highest BCUT2D eigenvalue weighted by molar-refractivity contribution is 6.92. The first-order valence-electron chi connectivity index (χ1n) is 11.5. The Morgan fingerprint density at radius 3 is 1.76 bits per heavy atom. The fourth-order valence-electron chi connectivity index (χ4n) is 3.66. The van der Waals surface area contributed by atoms with E-state index in [1.165, 1.54) is 48.9 Å². The molecule has 2 aromatic rings. The van der Waals surface area contributed by atoms with Crippen molar-refractivity contribution in [3.63, 3.8) is 0 Å². The lowest BCUT2D eigenvalue weighted by Crippen LogP contribution is -2.64. The first-order chi connectivity index (χ1) is 14.1. The summed E-state index contributed by atoms with van der Waals surface area (Å²) in [5.74, 6) is 0.465.